The number of ether oxygens (including phenoxy) is 1. The van der Waals surface area contributed by atoms with Crippen LogP contribution in [0.4, 0.5) is 0 Å². The SMILES string of the molecule is CC(C)C(C)NC(=O)COC(=O)c1ccc(Cl)c(S(=O)(=O)NC(C)(C)C)c1. The minimum atomic E-state index is -3.93. The van der Waals surface area contributed by atoms with Gasteiger partial charge in [-0.15, -0.1) is 0 Å². The Hall–Kier alpha value is -1.64. The summed E-state index contributed by atoms with van der Waals surface area (Å²) in [6, 6.07) is 3.71. The van der Waals surface area contributed by atoms with Crippen molar-refractivity contribution in [3.05, 3.63) is 28.8 Å². The lowest BCUT2D eigenvalue weighted by Gasteiger charge is -2.21. The highest BCUT2D eigenvalue weighted by molar-refractivity contribution is 7.89. The summed E-state index contributed by atoms with van der Waals surface area (Å²) >= 11 is 5.99. The molecule has 9 heteroatoms. The van der Waals surface area contributed by atoms with E-state index in [1.165, 1.54) is 12.1 Å². The van der Waals surface area contributed by atoms with E-state index in [-0.39, 0.29) is 27.4 Å². The van der Waals surface area contributed by atoms with Crippen molar-refractivity contribution in [2.24, 2.45) is 5.92 Å². The molecule has 0 aliphatic heterocycles. The van der Waals surface area contributed by atoms with E-state index in [4.69, 9.17) is 16.3 Å². The van der Waals surface area contributed by atoms with Crippen LogP contribution in [0.3, 0.4) is 0 Å². The standard InChI is InChI=1S/C18H27ClN2O5S/c1-11(2)12(3)20-16(22)10-26-17(23)13-7-8-14(19)15(9-13)27(24,25)21-18(4,5)6/h7-9,11-12,21H,10H2,1-6H3,(H,20,22). The van der Waals surface area contributed by atoms with Gasteiger partial charge in [0.05, 0.1) is 10.6 Å². The maximum absolute atomic E-state index is 12.5. The molecule has 0 spiro atoms. The van der Waals surface area contributed by atoms with Crippen LogP contribution in [0.5, 0.6) is 0 Å². The maximum Gasteiger partial charge on any atom is 0.338 e. The van der Waals surface area contributed by atoms with E-state index in [1.807, 2.05) is 20.8 Å². The van der Waals surface area contributed by atoms with Gasteiger partial charge in [0.2, 0.25) is 10.0 Å². The van der Waals surface area contributed by atoms with Gasteiger partial charge < -0.3 is 10.1 Å². The van der Waals surface area contributed by atoms with Gasteiger partial charge in [0.1, 0.15) is 4.90 Å². The number of esters is 1. The van der Waals surface area contributed by atoms with E-state index in [0.717, 1.165) is 6.07 Å². The van der Waals surface area contributed by atoms with Gasteiger partial charge in [-0.25, -0.2) is 17.9 Å². The maximum atomic E-state index is 12.5. The fraction of sp³-hybridized carbons (Fsp3) is 0.556. The zero-order chi connectivity index (χ0) is 21.0. The summed E-state index contributed by atoms with van der Waals surface area (Å²) in [5.74, 6) is -1.00. The van der Waals surface area contributed by atoms with Gasteiger partial charge in [-0.2, -0.15) is 0 Å². The van der Waals surface area contributed by atoms with Crippen LogP contribution in [0.2, 0.25) is 5.02 Å². The van der Waals surface area contributed by atoms with Crippen LogP contribution in [0, 0.1) is 5.92 Å². The first-order chi connectivity index (χ1) is 12.2. The van der Waals surface area contributed by atoms with E-state index in [0.29, 0.717) is 0 Å². The molecule has 7 nitrogen and oxygen atoms in total. The molecule has 0 fully saturated rings. The van der Waals surface area contributed by atoms with Gasteiger partial charge in [-0.1, -0.05) is 25.4 Å². The molecular formula is C18H27ClN2O5S. The summed E-state index contributed by atoms with van der Waals surface area (Å²) in [6.07, 6.45) is 0. The smallest absolute Gasteiger partial charge is 0.338 e. The fourth-order valence-corrected chi connectivity index (χ4v) is 3.92. The van der Waals surface area contributed by atoms with E-state index < -0.39 is 34.0 Å². The van der Waals surface area contributed by atoms with E-state index in [2.05, 4.69) is 10.0 Å². The average molecular weight is 419 g/mol. The Labute approximate surface area is 165 Å². The molecule has 0 aliphatic carbocycles. The Bertz CT molecular complexity index is 800. The van der Waals surface area contributed by atoms with Crippen molar-refractivity contribution in [2.75, 3.05) is 6.61 Å². The lowest BCUT2D eigenvalue weighted by molar-refractivity contribution is -0.125. The zero-order valence-corrected chi connectivity index (χ0v) is 18.0. The molecule has 1 amide bonds. The van der Waals surface area contributed by atoms with Crippen LogP contribution in [-0.4, -0.2) is 38.5 Å². The molecule has 0 heterocycles. The number of sulfonamides is 1. The van der Waals surface area contributed by atoms with Crippen LogP contribution in [0.1, 0.15) is 51.9 Å². The lowest BCUT2D eigenvalue weighted by atomic mass is 10.1. The number of benzene rings is 1. The molecule has 27 heavy (non-hydrogen) atoms. The van der Waals surface area contributed by atoms with Gasteiger partial charge in [0, 0.05) is 11.6 Å². The van der Waals surface area contributed by atoms with E-state index in [1.54, 1.807) is 20.8 Å². The predicted molar refractivity (Wildman–Crippen MR) is 104 cm³/mol. The Morgan fingerprint density at radius 2 is 1.78 bits per heavy atom. The summed E-state index contributed by atoms with van der Waals surface area (Å²) in [5.41, 5.74) is -0.734. The number of amides is 1. The van der Waals surface area contributed by atoms with Crippen LogP contribution in [0.25, 0.3) is 0 Å². The first kappa shape index (κ1) is 23.4. The Morgan fingerprint density at radius 1 is 1.19 bits per heavy atom. The van der Waals surface area contributed by atoms with Crippen molar-refractivity contribution in [2.45, 2.75) is 58.0 Å². The topological polar surface area (TPSA) is 102 Å². The molecule has 1 unspecified atom stereocenters. The minimum Gasteiger partial charge on any atom is -0.452 e. The quantitative estimate of drug-likeness (QED) is 0.663. The van der Waals surface area contributed by atoms with Crippen molar-refractivity contribution in [3.63, 3.8) is 0 Å². The predicted octanol–water partition coefficient (Wildman–Crippen LogP) is 2.73. The van der Waals surface area contributed by atoms with Crippen molar-refractivity contribution in [1.82, 2.24) is 10.0 Å². The van der Waals surface area contributed by atoms with Crippen LogP contribution >= 0.6 is 11.6 Å². The normalized spacial score (nSPS) is 13.3. The molecule has 0 aromatic heterocycles. The highest BCUT2D eigenvalue weighted by Crippen LogP contribution is 2.24. The lowest BCUT2D eigenvalue weighted by Crippen LogP contribution is -2.40. The molecule has 1 atom stereocenters. The molecule has 1 aromatic carbocycles. The highest BCUT2D eigenvalue weighted by atomic mass is 35.5. The Morgan fingerprint density at radius 3 is 2.30 bits per heavy atom. The molecule has 0 bridgehead atoms. The third-order valence-corrected chi connectivity index (χ3v) is 5.86. The second-order valence-electron chi connectivity index (χ2n) is 7.68. The van der Waals surface area contributed by atoms with Crippen LogP contribution < -0.4 is 10.0 Å². The number of hydrogen-bond acceptors (Lipinski definition) is 5. The molecule has 1 rings (SSSR count). The van der Waals surface area contributed by atoms with Crippen LogP contribution in [0.15, 0.2) is 23.1 Å². The monoisotopic (exact) mass is 418 g/mol. The third kappa shape index (κ3) is 7.48. The van der Waals surface area contributed by atoms with Gasteiger partial charge in [-0.05, 0) is 51.8 Å². The third-order valence-electron chi connectivity index (χ3n) is 3.62. The van der Waals surface area contributed by atoms with Gasteiger partial charge in [0.25, 0.3) is 5.91 Å². The van der Waals surface area contributed by atoms with E-state index >= 15 is 0 Å². The fourth-order valence-electron chi connectivity index (χ4n) is 1.97. The average Bonchev–Trinajstić information content (AvgIpc) is 2.50. The molecular weight excluding hydrogens is 392 g/mol. The molecule has 2 N–H and O–H groups in total. The minimum absolute atomic E-state index is 0.0154. The van der Waals surface area contributed by atoms with Crippen LogP contribution in [-0.2, 0) is 19.6 Å². The highest BCUT2D eigenvalue weighted by Gasteiger charge is 2.25. The zero-order valence-electron chi connectivity index (χ0n) is 16.4. The molecule has 152 valence electrons. The number of carbonyl (C=O) groups is 2. The van der Waals surface area contributed by atoms with Gasteiger partial charge in [-0.3, -0.25) is 4.79 Å². The molecule has 0 radical (unpaired) electrons. The molecule has 0 aliphatic rings. The summed E-state index contributed by atoms with van der Waals surface area (Å²) in [6.45, 7) is 10.4. The molecule has 0 saturated heterocycles. The number of rotatable bonds is 7. The second-order valence-corrected chi connectivity index (χ2v) is 9.74. The Kier molecular flexibility index (Phi) is 7.83. The molecule has 0 saturated carbocycles. The first-order valence-electron chi connectivity index (χ1n) is 8.53. The summed E-state index contributed by atoms with van der Waals surface area (Å²) in [4.78, 5) is 23.8. The number of hydrogen-bond donors (Lipinski definition) is 2. The largest absolute Gasteiger partial charge is 0.452 e. The van der Waals surface area contributed by atoms with E-state index in [9.17, 15) is 18.0 Å². The van der Waals surface area contributed by atoms with Gasteiger partial charge in [0.15, 0.2) is 6.61 Å². The number of carbonyl (C=O) groups excluding carboxylic acids is 2. The van der Waals surface area contributed by atoms with Crippen molar-refractivity contribution >= 4 is 33.5 Å². The number of nitrogens with one attached hydrogen (secondary N) is 2. The summed E-state index contributed by atoms with van der Waals surface area (Å²) in [7, 11) is -3.93. The first-order valence-corrected chi connectivity index (χ1v) is 10.4. The molecule has 1 aromatic rings. The van der Waals surface area contributed by atoms with Crippen molar-refractivity contribution < 1.29 is 22.7 Å². The Balaban J connectivity index is 2.90. The van der Waals surface area contributed by atoms with Gasteiger partial charge >= 0.3 is 5.97 Å². The van der Waals surface area contributed by atoms with Crippen molar-refractivity contribution in [1.29, 1.82) is 0 Å². The number of halogens is 1. The summed E-state index contributed by atoms with van der Waals surface area (Å²) in [5, 5.41) is 2.69. The van der Waals surface area contributed by atoms with Crippen molar-refractivity contribution in [3.8, 4) is 0 Å². The summed E-state index contributed by atoms with van der Waals surface area (Å²) < 4.78 is 32.4. The second kappa shape index (κ2) is 9.03.